The Balaban J connectivity index is 2.06. The summed E-state index contributed by atoms with van der Waals surface area (Å²) in [4.78, 5) is 41.0. The number of hydrogen-bond acceptors (Lipinski definition) is 3. The summed E-state index contributed by atoms with van der Waals surface area (Å²) in [5, 5.41) is 0. The lowest BCUT2D eigenvalue weighted by atomic mass is 9.99. The van der Waals surface area contributed by atoms with Crippen LogP contribution in [-0.4, -0.2) is 15.3 Å². The fourth-order valence-electron chi connectivity index (χ4n) is 3.63. The summed E-state index contributed by atoms with van der Waals surface area (Å²) in [5.41, 5.74) is 2.06. The molecule has 3 rings (SSSR count). The molecule has 5 heteroatoms. The molecule has 2 aromatic rings. The zero-order chi connectivity index (χ0) is 18.8. The molecule has 1 N–H and O–H groups in total. The third-order valence-electron chi connectivity index (χ3n) is 4.89. The van der Waals surface area contributed by atoms with Crippen molar-refractivity contribution in [3.05, 3.63) is 79.1 Å². The van der Waals surface area contributed by atoms with Crippen LogP contribution >= 0.6 is 0 Å². The summed E-state index contributed by atoms with van der Waals surface area (Å²) in [7, 11) is 0. The van der Waals surface area contributed by atoms with Crippen LogP contribution in [0.4, 0.5) is 0 Å². The smallest absolute Gasteiger partial charge is 0.303 e. The molecule has 0 unspecified atom stereocenters. The molecule has 1 aliphatic rings. The van der Waals surface area contributed by atoms with Crippen LogP contribution in [0.25, 0.3) is 0 Å². The first-order chi connectivity index (χ1) is 12.4. The molecule has 1 aromatic heterocycles. The topological polar surface area (TPSA) is 71.9 Å². The van der Waals surface area contributed by atoms with Gasteiger partial charge in [0.1, 0.15) is 0 Å². The third-order valence-corrected chi connectivity index (χ3v) is 4.89. The maximum absolute atomic E-state index is 13.0. The Morgan fingerprint density at radius 3 is 2.31 bits per heavy atom. The van der Waals surface area contributed by atoms with Crippen LogP contribution in [0.5, 0.6) is 0 Å². The minimum Gasteiger partial charge on any atom is -0.303 e. The first-order valence-electron chi connectivity index (χ1n) is 9.04. The molecule has 1 aliphatic carbocycles. The van der Waals surface area contributed by atoms with Crippen molar-refractivity contribution >= 4 is 5.78 Å². The van der Waals surface area contributed by atoms with Gasteiger partial charge in [0.15, 0.2) is 0 Å². The van der Waals surface area contributed by atoms with Gasteiger partial charge in [-0.25, -0.2) is 4.79 Å². The number of aryl methyl sites for hydroxylation is 2. The first-order valence-corrected chi connectivity index (χ1v) is 9.04. The molecular formula is C21H24N2O3. The van der Waals surface area contributed by atoms with Gasteiger partial charge >= 0.3 is 5.69 Å². The molecule has 26 heavy (non-hydrogen) atoms. The van der Waals surface area contributed by atoms with Crippen molar-refractivity contribution in [3.8, 4) is 0 Å². The van der Waals surface area contributed by atoms with E-state index < -0.39 is 5.69 Å². The van der Waals surface area contributed by atoms with Gasteiger partial charge in [-0.2, -0.15) is 0 Å². The molecule has 0 bridgehead atoms. The van der Waals surface area contributed by atoms with Crippen molar-refractivity contribution in [3.63, 3.8) is 0 Å². The van der Waals surface area contributed by atoms with Crippen LogP contribution in [0.3, 0.4) is 0 Å². The monoisotopic (exact) mass is 352 g/mol. The van der Waals surface area contributed by atoms with Crippen molar-refractivity contribution in [2.45, 2.75) is 46.6 Å². The maximum atomic E-state index is 13.0. The van der Waals surface area contributed by atoms with Gasteiger partial charge in [0.2, 0.25) is 5.78 Å². The van der Waals surface area contributed by atoms with Crippen LogP contribution < -0.4 is 11.2 Å². The maximum Gasteiger partial charge on any atom is 0.328 e. The summed E-state index contributed by atoms with van der Waals surface area (Å²) in [6, 6.07) is 5.54. The standard InChI is InChI=1S/C21H24N2O3/c1-4-17-18(19(24)16-10-13(2)9-14(3)11-16)22-21(26)23(20(17)25)12-15-7-5-6-8-15/h5-6,9-11,15H,4,7-8,12H2,1-3H3,(H,22,26). The van der Waals surface area contributed by atoms with E-state index in [-0.39, 0.29) is 23.0 Å². The van der Waals surface area contributed by atoms with Crippen LogP contribution in [-0.2, 0) is 13.0 Å². The highest BCUT2D eigenvalue weighted by Gasteiger charge is 2.21. The predicted octanol–water partition coefficient (Wildman–Crippen LogP) is 2.91. The number of carbonyl (C=O) groups excluding carboxylic acids is 1. The van der Waals surface area contributed by atoms with Crippen molar-refractivity contribution in [1.29, 1.82) is 0 Å². The van der Waals surface area contributed by atoms with Gasteiger partial charge in [0.05, 0.1) is 5.69 Å². The van der Waals surface area contributed by atoms with E-state index in [1.54, 1.807) is 12.1 Å². The van der Waals surface area contributed by atoms with E-state index in [9.17, 15) is 14.4 Å². The Morgan fingerprint density at radius 1 is 1.12 bits per heavy atom. The number of aromatic amines is 1. The molecule has 0 saturated carbocycles. The number of allylic oxidation sites excluding steroid dienone is 2. The average molecular weight is 352 g/mol. The first kappa shape index (κ1) is 18.1. The van der Waals surface area contributed by atoms with E-state index in [4.69, 9.17) is 0 Å². The molecule has 5 nitrogen and oxygen atoms in total. The largest absolute Gasteiger partial charge is 0.328 e. The second-order valence-corrected chi connectivity index (χ2v) is 7.07. The fourth-order valence-corrected chi connectivity index (χ4v) is 3.63. The number of hydrogen-bond donors (Lipinski definition) is 1. The highest BCUT2D eigenvalue weighted by Crippen LogP contribution is 2.19. The van der Waals surface area contributed by atoms with Crippen LogP contribution in [0.15, 0.2) is 39.9 Å². The van der Waals surface area contributed by atoms with E-state index in [0.717, 1.165) is 24.0 Å². The van der Waals surface area contributed by atoms with Gasteiger partial charge in [-0.05, 0) is 51.2 Å². The molecule has 1 aromatic carbocycles. The van der Waals surface area contributed by atoms with Crippen molar-refractivity contribution < 1.29 is 4.79 Å². The number of H-pyrrole nitrogens is 1. The molecule has 0 radical (unpaired) electrons. The summed E-state index contributed by atoms with van der Waals surface area (Å²) >= 11 is 0. The second kappa shape index (κ2) is 7.28. The Morgan fingerprint density at radius 2 is 1.73 bits per heavy atom. The number of aromatic nitrogens is 2. The number of ketones is 1. The normalized spacial score (nSPS) is 14.1. The number of nitrogens with zero attached hydrogens (tertiary/aromatic N) is 1. The molecule has 136 valence electrons. The SMILES string of the molecule is CCc1c(C(=O)c2cc(C)cc(C)c2)[nH]c(=O)n(CC2CC=CC2)c1=O. The molecule has 0 amide bonds. The lowest BCUT2D eigenvalue weighted by Crippen LogP contribution is -2.41. The van der Waals surface area contributed by atoms with Gasteiger partial charge < -0.3 is 4.98 Å². The van der Waals surface area contributed by atoms with Gasteiger partial charge in [-0.1, -0.05) is 36.3 Å². The average Bonchev–Trinajstić information content (AvgIpc) is 3.10. The highest BCUT2D eigenvalue weighted by atomic mass is 16.2. The van der Waals surface area contributed by atoms with Crippen molar-refractivity contribution in [2.75, 3.05) is 0 Å². The van der Waals surface area contributed by atoms with Gasteiger partial charge in [-0.3, -0.25) is 14.2 Å². The summed E-state index contributed by atoms with van der Waals surface area (Å²) in [6.45, 7) is 6.04. The lowest BCUT2D eigenvalue weighted by molar-refractivity contribution is 0.103. The molecule has 0 aliphatic heterocycles. The van der Waals surface area contributed by atoms with E-state index in [2.05, 4.69) is 17.1 Å². The number of carbonyl (C=O) groups is 1. The van der Waals surface area contributed by atoms with Crippen LogP contribution in [0, 0.1) is 19.8 Å². The Kier molecular flexibility index (Phi) is 5.07. The molecular weight excluding hydrogens is 328 g/mol. The quantitative estimate of drug-likeness (QED) is 0.664. The summed E-state index contributed by atoms with van der Waals surface area (Å²) in [5.74, 6) is -0.0444. The number of nitrogens with one attached hydrogen (secondary N) is 1. The van der Waals surface area contributed by atoms with E-state index in [0.29, 0.717) is 24.1 Å². The summed E-state index contributed by atoms with van der Waals surface area (Å²) in [6.07, 6.45) is 6.28. The zero-order valence-corrected chi connectivity index (χ0v) is 15.5. The van der Waals surface area contributed by atoms with Gasteiger partial charge in [0, 0.05) is 17.7 Å². The van der Waals surface area contributed by atoms with E-state index in [1.807, 2.05) is 26.8 Å². The highest BCUT2D eigenvalue weighted by molar-refractivity contribution is 6.08. The van der Waals surface area contributed by atoms with E-state index in [1.165, 1.54) is 4.57 Å². The van der Waals surface area contributed by atoms with Crippen molar-refractivity contribution in [1.82, 2.24) is 9.55 Å². The molecule has 1 heterocycles. The van der Waals surface area contributed by atoms with Crippen LogP contribution in [0.2, 0.25) is 0 Å². The number of rotatable bonds is 5. The summed E-state index contributed by atoms with van der Waals surface area (Å²) < 4.78 is 1.24. The van der Waals surface area contributed by atoms with Gasteiger partial charge in [0.25, 0.3) is 5.56 Å². The Bertz CT molecular complexity index is 967. The van der Waals surface area contributed by atoms with Gasteiger partial charge in [-0.15, -0.1) is 0 Å². The third kappa shape index (κ3) is 3.47. The Hall–Kier alpha value is -2.69. The Labute approximate surface area is 152 Å². The second-order valence-electron chi connectivity index (χ2n) is 7.07. The minimum absolute atomic E-state index is 0.119. The minimum atomic E-state index is -0.508. The van der Waals surface area contributed by atoms with Crippen molar-refractivity contribution in [2.24, 2.45) is 5.92 Å². The molecule has 0 fully saturated rings. The zero-order valence-electron chi connectivity index (χ0n) is 15.5. The molecule has 0 spiro atoms. The number of benzene rings is 1. The molecule has 0 saturated heterocycles. The lowest BCUT2D eigenvalue weighted by Gasteiger charge is -2.14. The predicted molar refractivity (Wildman–Crippen MR) is 102 cm³/mol. The molecule has 0 atom stereocenters. The van der Waals surface area contributed by atoms with Crippen LogP contribution in [0.1, 0.15) is 52.5 Å². The fraction of sp³-hybridized carbons (Fsp3) is 0.381. The van der Waals surface area contributed by atoms with E-state index >= 15 is 0 Å².